The van der Waals surface area contributed by atoms with Gasteiger partial charge >= 0.3 is 8.56 Å². The molecule has 2 aliphatic heterocycles. The molecule has 260 valence electrons. The number of benzene rings is 2. The summed E-state index contributed by atoms with van der Waals surface area (Å²) < 4.78 is 28.5. The molecular weight excluding hydrogens is 629 g/mol. The van der Waals surface area contributed by atoms with Gasteiger partial charge in [0.25, 0.3) is 0 Å². The van der Waals surface area contributed by atoms with Crippen LogP contribution >= 0.6 is 0 Å². The average molecular weight is 685 g/mol. The van der Waals surface area contributed by atoms with Crippen molar-refractivity contribution in [2.75, 3.05) is 59.2 Å². The standard InChI is InChI=1S/C19H33NO4Si2.C17H23NO3/c1-19(2,20-12-14-22-15-13-20)18(21)16-8-10-17(11-9-16)23-26(6,7)24-25(3,4)5;1-4-11-21-15-7-5-14(6-8-15)16(19)17(2,3)18-9-12-20-13-10-18/h8-11H,12-15H2,1-7H3;4-8H,1,9-13H2,2-3H3. The Morgan fingerprint density at radius 3 is 1.47 bits per heavy atom. The molecule has 0 aliphatic carbocycles. The third-order valence-electron chi connectivity index (χ3n) is 8.23. The summed E-state index contributed by atoms with van der Waals surface area (Å²) in [5.41, 5.74) is 0.353. The molecule has 0 bridgehead atoms. The van der Waals surface area contributed by atoms with E-state index in [1.807, 2.05) is 76.2 Å². The highest BCUT2D eigenvalue weighted by Crippen LogP contribution is 2.26. The first-order valence-corrected chi connectivity index (χ1v) is 22.8. The highest BCUT2D eigenvalue weighted by Gasteiger charge is 2.37. The summed E-state index contributed by atoms with van der Waals surface area (Å²) in [6, 6.07) is 14.8. The zero-order valence-electron chi connectivity index (χ0n) is 30.0. The van der Waals surface area contributed by atoms with Gasteiger partial charge in [-0.3, -0.25) is 19.4 Å². The number of hydrogen-bond acceptors (Lipinski definition) is 9. The summed E-state index contributed by atoms with van der Waals surface area (Å²) in [5.74, 6) is 1.76. The Balaban J connectivity index is 0.000000261. The second-order valence-corrected chi connectivity index (χ2v) is 22.4. The van der Waals surface area contributed by atoms with Crippen LogP contribution in [0.3, 0.4) is 0 Å². The number of carbonyl (C=O) groups excluding carboxylic acids is 2. The third kappa shape index (κ3) is 11.5. The van der Waals surface area contributed by atoms with E-state index in [2.05, 4.69) is 49.1 Å². The van der Waals surface area contributed by atoms with Crippen LogP contribution in [0.15, 0.2) is 61.2 Å². The van der Waals surface area contributed by atoms with Gasteiger partial charge in [0, 0.05) is 37.3 Å². The van der Waals surface area contributed by atoms with Gasteiger partial charge in [-0.2, -0.15) is 0 Å². The molecule has 0 amide bonds. The number of hydrogen-bond donors (Lipinski definition) is 0. The number of rotatable bonds is 13. The Morgan fingerprint density at radius 2 is 1.11 bits per heavy atom. The van der Waals surface area contributed by atoms with E-state index in [4.69, 9.17) is 22.8 Å². The quantitative estimate of drug-likeness (QED) is 0.134. The second-order valence-electron chi connectivity index (χ2n) is 14.3. The lowest BCUT2D eigenvalue weighted by Gasteiger charge is -2.39. The van der Waals surface area contributed by atoms with Crippen LogP contribution in [0.1, 0.15) is 48.4 Å². The van der Waals surface area contributed by atoms with Crippen molar-refractivity contribution in [3.8, 4) is 11.5 Å². The van der Waals surface area contributed by atoms with E-state index in [9.17, 15) is 9.59 Å². The predicted molar refractivity (Wildman–Crippen MR) is 193 cm³/mol. The van der Waals surface area contributed by atoms with Crippen molar-refractivity contribution >= 4 is 28.4 Å². The smallest absolute Gasteiger partial charge is 0.382 e. The first kappa shape index (κ1) is 38.8. The van der Waals surface area contributed by atoms with Crippen molar-refractivity contribution in [2.45, 2.75) is 71.5 Å². The third-order valence-corrected chi connectivity index (χ3v) is 13.4. The number of Topliss-reactive ketones (excluding diaryl/α,β-unsaturated/α-hetero) is 2. The molecule has 2 aromatic rings. The SMILES string of the molecule is C=CCOc1ccc(C(=O)C(C)(C)N2CCOCC2)cc1.CC(C)(C(=O)c1ccc(O[Si](C)(C)O[Si](C)(C)C)cc1)N1CCOCC1. The number of carbonyl (C=O) groups is 2. The molecule has 2 fully saturated rings. The predicted octanol–water partition coefficient (Wildman–Crippen LogP) is 6.46. The number of morpholine rings is 2. The van der Waals surface area contributed by atoms with E-state index in [-0.39, 0.29) is 11.6 Å². The molecule has 2 aromatic carbocycles. The van der Waals surface area contributed by atoms with Gasteiger partial charge in [0.05, 0.1) is 37.5 Å². The van der Waals surface area contributed by atoms with Crippen LogP contribution in [0, 0.1) is 0 Å². The van der Waals surface area contributed by atoms with Crippen LogP contribution < -0.4 is 9.16 Å². The first-order chi connectivity index (χ1) is 22.0. The molecule has 4 rings (SSSR count). The van der Waals surface area contributed by atoms with Crippen molar-refractivity contribution in [2.24, 2.45) is 0 Å². The molecule has 2 heterocycles. The normalized spacial score (nSPS) is 16.9. The fourth-order valence-corrected chi connectivity index (χ4v) is 12.6. The fourth-order valence-electron chi connectivity index (χ4n) is 5.81. The molecule has 0 saturated carbocycles. The van der Waals surface area contributed by atoms with E-state index in [0.717, 1.165) is 37.7 Å². The first-order valence-electron chi connectivity index (χ1n) is 16.5. The summed E-state index contributed by atoms with van der Waals surface area (Å²) in [4.78, 5) is 30.1. The maximum Gasteiger partial charge on any atom is 0.382 e. The van der Waals surface area contributed by atoms with Crippen molar-refractivity contribution in [3.63, 3.8) is 0 Å². The molecule has 0 radical (unpaired) electrons. The van der Waals surface area contributed by atoms with E-state index in [0.29, 0.717) is 44.2 Å². The van der Waals surface area contributed by atoms with Crippen molar-refractivity contribution < 1.29 is 32.3 Å². The lowest BCUT2D eigenvalue weighted by molar-refractivity contribution is -0.00443. The lowest BCUT2D eigenvalue weighted by atomic mass is 9.91. The van der Waals surface area contributed by atoms with Crippen molar-refractivity contribution in [1.29, 1.82) is 0 Å². The molecule has 2 saturated heterocycles. The molecule has 0 spiro atoms. The molecule has 0 unspecified atom stereocenters. The zero-order chi connectivity index (χ0) is 34.9. The van der Waals surface area contributed by atoms with Crippen molar-refractivity contribution in [3.05, 3.63) is 72.3 Å². The summed E-state index contributed by atoms with van der Waals surface area (Å²) in [6.45, 7) is 28.5. The molecule has 0 atom stereocenters. The van der Waals surface area contributed by atoms with E-state index in [1.54, 1.807) is 6.08 Å². The van der Waals surface area contributed by atoms with Crippen molar-refractivity contribution in [1.82, 2.24) is 9.80 Å². The van der Waals surface area contributed by atoms with Crippen LogP contribution in [-0.2, 0) is 13.6 Å². The molecule has 0 N–H and O–H groups in total. The number of ether oxygens (including phenoxy) is 3. The molecule has 47 heavy (non-hydrogen) atoms. The van der Waals surface area contributed by atoms with Gasteiger partial charge < -0.3 is 22.8 Å². The number of nitrogens with zero attached hydrogens (tertiary/aromatic N) is 2. The van der Waals surface area contributed by atoms with E-state index in [1.165, 1.54) is 0 Å². The lowest BCUT2D eigenvalue weighted by Crippen LogP contribution is -2.54. The molecule has 0 aromatic heterocycles. The summed E-state index contributed by atoms with van der Waals surface area (Å²) in [7, 11) is -3.89. The Kier molecular flexibility index (Phi) is 13.7. The minimum Gasteiger partial charge on any atom is -0.521 e. The minimum atomic E-state index is -2.23. The molecular formula is C36H56N2O7Si2. The van der Waals surface area contributed by atoms with Crippen LogP contribution in [0.25, 0.3) is 0 Å². The number of ketones is 2. The van der Waals surface area contributed by atoms with Crippen LogP contribution in [0.5, 0.6) is 11.5 Å². The Bertz CT molecular complexity index is 1310. The van der Waals surface area contributed by atoms with Gasteiger partial charge in [0.15, 0.2) is 19.9 Å². The van der Waals surface area contributed by atoms with E-state index >= 15 is 0 Å². The van der Waals surface area contributed by atoms with Crippen LogP contribution in [0.4, 0.5) is 0 Å². The Labute approximate surface area is 284 Å². The highest BCUT2D eigenvalue weighted by atomic mass is 28.4. The van der Waals surface area contributed by atoms with Crippen LogP contribution in [0.2, 0.25) is 32.7 Å². The van der Waals surface area contributed by atoms with Crippen LogP contribution in [-0.4, -0.2) is 109 Å². The van der Waals surface area contributed by atoms with Gasteiger partial charge in [-0.05, 0) is 109 Å². The topological polar surface area (TPSA) is 86.8 Å². The van der Waals surface area contributed by atoms with E-state index < -0.39 is 28.0 Å². The molecule has 2 aliphatic rings. The maximum atomic E-state index is 13.0. The monoisotopic (exact) mass is 684 g/mol. The molecule has 9 nitrogen and oxygen atoms in total. The van der Waals surface area contributed by atoms with Gasteiger partial charge in [0.1, 0.15) is 18.1 Å². The fraction of sp³-hybridized carbons (Fsp3) is 0.556. The summed E-state index contributed by atoms with van der Waals surface area (Å²) in [5, 5.41) is 0. The average Bonchev–Trinajstić information content (AvgIpc) is 3.03. The highest BCUT2D eigenvalue weighted by molar-refractivity contribution is 6.81. The Morgan fingerprint density at radius 1 is 0.723 bits per heavy atom. The largest absolute Gasteiger partial charge is 0.521 e. The summed E-state index contributed by atoms with van der Waals surface area (Å²) >= 11 is 0. The van der Waals surface area contributed by atoms with Gasteiger partial charge in [-0.15, -0.1) is 0 Å². The zero-order valence-corrected chi connectivity index (χ0v) is 32.0. The Hall–Kier alpha value is -2.65. The van der Waals surface area contributed by atoms with Gasteiger partial charge in [-0.1, -0.05) is 12.7 Å². The van der Waals surface area contributed by atoms with Gasteiger partial charge in [-0.25, -0.2) is 0 Å². The molecule has 11 heteroatoms. The second kappa shape index (κ2) is 16.6. The van der Waals surface area contributed by atoms with Gasteiger partial charge in [0.2, 0.25) is 0 Å². The maximum absolute atomic E-state index is 13.0. The summed E-state index contributed by atoms with van der Waals surface area (Å²) in [6.07, 6.45) is 1.70. The minimum absolute atomic E-state index is 0.125.